The number of hydrogen-bond donors (Lipinski definition) is 0. The molecular formula is C21H22IP. The lowest BCUT2D eigenvalue weighted by molar-refractivity contribution is -0.00000438. The lowest BCUT2D eigenvalue weighted by Gasteiger charge is -2.31. The van der Waals surface area contributed by atoms with Crippen LogP contribution in [0.2, 0.25) is 0 Å². The third kappa shape index (κ3) is 3.36. The zero-order valence-electron chi connectivity index (χ0n) is 13.6. The molecule has 0 heterocycles. The maximum atomic E-state index is 2.36. The predicted octanol–water partition coefficient (Wildman–Crippen LogP) is 1.39. The molecule has 3 aromatic carbocycles. The molecule has 3 rings (SSSR count). The van der Waals surface area contributed by atoms with Crippen molar-refractivity contribution in [1.29, 1.82) is 0 Å². The van der Waals surface area contributed by atoms with Crippen LogP contribution in [0.3, 0.4) is 0 Å². The minimum atomic E-state index is -1.63. The number of rotatable bonds is 4. The van der Waals surface area contributed by atoms with Crippen molar-refractivity contribution in [3.8, 4) is 0 Å². The lowest BCUT2D eigenvalue weighted by Crippen LogP contribution is -3.00. The van der Waals surface area contributed by atoms with Crippen molar-refractivity contribution < 1.29 is 24.0 Å². The van der Waals surface area contributed by atoms with Crippen LogP contribution in [0.15, 0.2) is 91.0 Å². The van der Waals surface area contributed by atoms with Crippen LogP contribution in [-0.4, -0.2) is 5.66 Å². The zero-order chi connectivity index (χ0) is 15.4. The first-order valence-electron chi connectivity index (χ1n) is 7.82. The average Bonchev–Trinajstić information content (AvgIpc) is 2.58. The summed E-state index contributed by atoms with van der Waals surface area (Å²) in [5, 5.41) is 4.38. The van der Waals surface area contributed by atoms with Gasteiger partial charge in [-0.2, -0.15) is 0 Å². The fourth-order valence-corrected chi connectivity index (χ4v) is 7.94. The van der Waals surface area contributed by atoms with Crippen LogP contribution in [0.4, 0.5) is 0 Å². The van der Waals surface area contributed by atoms with Gasteiger partial charge in [-0.15, -0.1) is 0 Å². The van der Waals surface area contributed by atoms with Gasteiger partial charge in [-0.05, 0) is 50.2 Å². The van der Waals surface area contributed by atoms with E-state index < -0.39 is 7.26 Å². The number of benzene rings is 3. The SMILES string of the molecule is CC(C)[P+](c1ccccc1)(c1ccccc1)c1ccccc1.[I-]. The summed E-state index contributed by atoms with van der Waals surface area (Å²) in [5.74, 6) is 0. The molecule has 0 N–H and O–H groups in total. The molecule has 0 fully saturated rings. The molecule has 0 unspecified atom stereocenters. The predicted molar refractivity (Wildman–Crippen MR) is 100 cm³/mol. The van der Waals surface area contributed by atoms with E-state index in [0.29, 0.717) is 5.66 Å². The van der Waals surface area contributed by atoms with E-state index in [-0.39, 0.29) is 24.0 Å². The van der Waals surface area contributed by atoms with Gasteiger partial charge in [-0.25, -0.2) is 0 Å². The fraction of sp³-hybridized carbons (Fsp3) is 0.143. The van der Waals surface area contributed by atoms with Crippen LogP contribution >= 0.6 is 7.26 Å². The second kappa shape index (κ2) is 8.08. The van der Waals surface area contributed by atoms with Gasteiger partial charge in [0.1, 0.15) is 23.2 Å². The van der Waals surface area contributed by atoms with E-state index in [1.54, 1.807) is 0 Å². The summed E-state index contributed by atoms with van der Waals surface area (Å²) < 4.78 is 0. The molecule has 23 heavy (non-hydrogen) atoms. The Kier molecular flexibility index (Phi) is 6.38. The second-order valence-electron chi connectivity index (χ2n) is 5.82. The normalized spacial score (nSPS) is 11.1. The molecule has 0 aliphatic rings. The van der Waals surface area contributed by atoms with Crippen molar-refractivity contribution in [3.63, 3.8) is 0 Å². The van der Waals surface area contributed by atoms with E-state index in [2.05, 4.69) is 105 Å². The third-order valence-corrected chi connectivity index (χ3v) is 9.15. The third-order valence-electron chi connectivity index (χ3n) is 4.26. The monoisotopic (exact) mass is 432 g/mol. The highest BCUT2D eigenvalue weighted by molar-refractivity contribution is 7.96. The number of halogens is 1. The smallest absolute Gasteiger partial charge is 0.114 e. The van der Waals surface area contributed by atoms with Gasteiger partial charge in [0.05, 0.1) is 5.66 Å². The van der Waals surface area contributed by atoms with E-state index >= 15 is 0 Å². The Balaban J connectivity index is 0.00000192. The van der Waals surface area contributed by atoms with Gasteiger partial charge in [0.25, 0.3) is 0 Å². The molecule has 0 aromatic heterocycles. The maximum absolute atomic E-state index is 2.36. The zero-order valence-corrected chi connectivity index (χ0v) is 16.6. The van der Waals surface area contributed by atoms with Gasteiger partial charge in [0.2, 0.25) is 0 Å². The lowest BCUT2D eigenvalue weighted by atomic mass is 10.3. The summed E-state index contributed by atoms with van der Waals surface area (Å²) >= 11 is 0. The van der Waals surface area contributed by atoms with Crippen LogP contribution in [0.1, 0.15) is 13.8 Å². The molecule has 0 aliphatic heterocycles. The Labute approximate surface area is 157 Å². The van der Waals surface area contributed by atoms with Crippen LogP contribution in [0.25, 0.3) is 0 Å². The Morgan fingerprint density at radius 2 is 0.783 bits per heavy atom. The number of hydrogen-bond acceptors (Lipinski definition) is 0. The van der Waals surface area contributed by atoms with Gasteiger partial charge in [0.15, 0.2) is 0 Å². The van der Waals surface area contributed by atoms with E-state index in [1.807, 2.05) is 0 Å². The summed E-state index contributed by atoms with van der Waals surface area (Å²) in [6, 6.07) is 33.1. The van der Waals surface area contributed by atoms with Crippen molar-refractivity contribution >= 4 is 23.2 Å². The summed E-state index contributed by atoms with van der Waals surface area (Å²) in [5.41, 5.74) is 0.555. The molecule has 0 radical (unpaired) electrons. The van der Waals surface area contributed by atoms with Crippen molar-refractivity contribution in [1.82, 2.24) is 0 Å². The second-order valence-corrected chi connectivity index (χ2v) is 9.85. The van der Waals surface area contributed by atoms with E-state index in [4.69, 9.17) is 0 Å². The Bertz CT molecular complexity index is 612. The van der Waals surface area contributed by atoms with Crippen molar-refractivity contribution in [2.75, 3.05) is 0 Å². The maximum Gasteiger partial charge on any atom is 0.114 e. The van der Waals surface area contributed by atoms with E-state index in [9.17, 15) is 0 Å². The van der Waals surface area contributed by atoms with Gasteiger partial charge >= 0.3 is 0 Å². The Morgan fingerprint density at radius 3 is 1.00 bits per heavy atom. The first-order valence-corrected chi connectivity index (χ1v) is 9.67. The van der Waals surface area contributed by atoms with Crippen LogP contribution in [0.5, 0.6) is 0 Å². The van der Waals surface area contributed by atoms with Crippen LogP contribution in [0, 0.1) is 0 Å². The molecule has 118 valence electrons. The first kappa shape index (κ1) is 18.2. The van der Waals surface area contributed by atoms with Crippen molar-refractivity contribution in [2.45, 2.75) is 19.5 Å². The van der Waals surface area contributed by atoms with E-state index in [0.717, 1.165) is 0 Å². The largest absolute Gasteiger partial charge is 1.00 e. The highest BCUT2D eigenvalue weighted by Gasteiger charge is 2.48. The molecule has 0 saturated heterocycles. The molecule has 3 aromatic rings. The highest BCUT2D eigenvalue weighted by Crippen LogP contribution is 2.59. The minimum Gasteiger partial charge on any atom is -1.00 e. The summed E-state index contributed by atoms with van der Waals surface area (Å²) in [6.45, 7) is 4.72. The molecule has 0 saturated carbocycles. The van der Waals surface area contributed by atoms with Gasteiger partial charge in [-0.3, -0.25) is 0 Å². The summed E-state index contributed by atoms with van der Waals surface area (Å²) in [7, 11) is -1.63. The summed E-state index contributed by atoms with van der Waals surface area (Å²) in [4.78, 5) is 0. The van der Waals surface area contributed by atoms with Crippen molar-refractivity contribution in [2.24, 2.45) is 0 Å². The fourth-order valence-electron chi connectivity index (χ4n) is 3.33. The Hall–Kier alpha value is -1.18. The molecular weight excluding hydrogens is 410 g/mol. The molecule has 0 amide bonds. The topological polar surface area (TPSA) is 0 Å². The van der Waals surface area contributed by atoms with Crippen molar-refractivity contribution in [3.05, 3.63) is 91.0 Å². The molecule has 0 bridgehead atoms. The molecule has 2 heteroatoms. The van der Waals surface area contributed by atoms with Gasteiger partial charge in [-0.1, -0.05) is 54.6 Å². The minimum absolute atomic E-state index is 0. The highest BCUT2D eigenvalue weighted by atomic mass is 127. The molecule has 0 atom stereocenters. The molecule has 0 aliphatic carbocycles. The Morgan fingerprint density at radius 1 is 0.522 bits per heavy atom. The van der Waals surface area contributed by atoms with Gasteiger partial charge in [0, 0.05) is 0 Å². The quantitative estimate of drug-likeness (QED) is 0.432. The molecule has 0 nitrogen and oxygen atoms in total. The standard InChI is InChI=1S/C21H22P.HI/c1-18(2)22(19-12-6-3-7-13-19,20-14-8-4-9-15-20)21-16-10-5-11-17-21;/h3-18H,1-2H3;1H/q+1;/p-1. The summed E-state index contributed by atoms with van der Waals surface area (Å²) in [6.07, 6.45) is 0. The van der Waals surface area contributed by atoms with Crippen LogP contribution < -0.4 is 39.9 Å². The van der Waals surface area contributed by atoms with Crippen LogP contribution in [-0.2, 0) is 0 Å². The molecule has 0 spiro atoms. The average molecular weight is 432 g/mol. The first-order chi connectivity index (χ1) is 10.8. The van der Waals surface area contributed by atoms with Gasteiger partial charge < -0.3 is 24.0 Å². The van der Waals surface area contributed by atoms with E-state index in [1.165, 1.54) is 15.9 Å².